The molecule has 1 saturated carbocycles. The number of aliphatic hydroxyl groups is 1. The molecular weight excluding hydrogens is 184 g/mol. The highest BCUT2D eigenvalue weighted by molar-refractivity contribution is 7.99. The summed E-state index contributed by atoms with van der Waals surface area (Å²) in [7, 11) is 0. The van der Waals surface area contributed by atoms with Gasteiger partial charge in [0.1, 0.15) is 6.33 Å². The topological polar surface area (TPSA) is 46.0 Å². The Bertz CT molecular complexity index is 268. The van der Waals surface area contributed by atoms with Crippen LogP contribution in [-0.4, -0.2) is 26.4 Å². The van der Waals surface area contributed by atoms with Crippen LogP contribution >= 0.6 is 11.8 Å². The molecule has 0 spiro atoms. The third-order valence-electron chi connectivity index (χ3n) is 2.24. The first-order chi connectivity index (χ1) is 6.36. The van der Waals surface area contributed by atoms with Crippen LogP contribution in [0, 0.1) is 0 Å². The Morgan fingerprint density at radius 1 is 1.46 bits per heavy atom. The molecule has 1 heterocycles. The predicted octanol–water partition coefficient (Wildman–Crippen LogP) is 1.48. The smallest absolute Gasteiger partial charge is 0.116 e. The number of thioether (sulfide) groups is 1. The zero-order valence-electron chi connectivity index (χ0n) is 7.26. The first-order valence-electron chi connectivity index (χ1n) is 4.47. The summed E-state index contributed by atoms with van der Waals surface area (Å²) in [6, 6.07) is 1.88. The van der Waals surface area contributed by atoms with E-state index < -0.39 is 0 Å². The van der Waals surface area contributed by atoms with Crippen LogP contribution in [0.4, 0.5) is 0 Å². The van der Waals surface area contributed by atoms with Crippen molar-refractivity contribution in [2.75, 3.05) is 0 Å². The second-order valence-corrected chi connectivity index (χ2v) is 4.46. The van der Waals surface area contributed by atoms with Crippen LogP contribution in [0.1, 0.15) is 19.3 Å². The van der Waals surface area contributed by atoms with Crippen LogP contribution in [0.25, 0.3) is 0 Å². The van der Waals surface area contributed by atoms with Crippen LogP contribution in [0.5, 0.6) is 0 Å². The van der Waals surface area contributed by atoms with Gasteiger partial charge >= 0.3 is 0 Å². The molecule has 0 radical (unpaired) electrons. The molecule has 2 unspecified atom stereocenters. The molecule has 1 N–H and O–H groups in total. The van der Waals surface area contributed by atoms with Crippen LogP contribution < -0.4 is 0 Å². The summed E-state index contributed by atoms with van der Waals surface area (Å²) in [5, 5.41) is 10.9. The van der Waals surface area contributed by atoms with Gasteiger partial charge in [-0.25, -0.2) is 9.97 Å². The highest BCUT2D eigenvalue weighted by Gasteiger charge is 2.26. The van der Waals surface area contributed by atoms with E-state index in [1.165, 1.54) is 0 Å². The van der Waals surface area contributed by atoms with E-state index in [1.807, 2.05) is 6.07 Å². The molecule has 1 fully saturated rings. The molecular formula is C9H12N2OS. The summed E-state index contributed by atoms with van der Waals surface area (Å²) in [5.74, 6) is 0. The van der Waals surface area contributed by atoms with Gasteiger partial charge in [0, 0.05) is 11.4 Å². The first-order valence-corrected chi connectivity index (χ1v) is 5.35. The largest absolute Gasteiger partial charge is 0.392 e. The van der Waals surface area contributed by atoms with E-state index in [0.717, 1.165) is 24.3 Å². The van der Waals surface area contributed by atoms with Crippen molar-refractivity contribution in [3.8, 4) is 0 Å². The van der Waals surface area contributed by atoms with Gasteiger partial charge in [-0.2, -0.15) is 0 Å². The quantitative estimate of drug-likeness (QED) is 0.728. The lowest BCUT2D eigenvalue weighted by atomic mass is 10.3. The van der Waals surface area contributed by atoms with Gasteiger partial charge in [-0.15, -0.1) is 11.8 Å². The van der Waals surface area contributed by atoms with Crippen LogP contribution in [-0.2, 0) is 0 Å². The highest BCUT2D eigenvalue weighted by atomic mass is 32.2. The van der Waals surface area contributed by atoms with Gasteiger partial charge in [-0.1, -0.05) is 0 Å². The van der Waals surface area contributed by atoms with E-state index in [-0.39, 0.29) is 6.10 Å². The van der Waals surface area contributed by atoms with E-state index in [2.05, 4.69) is 9.97 Å². The fourth-order valence-corrected chi connectivity index (χ4v) is 2.68. The lowest BCUT2D eigenvalue weighted by molar-refractivity contribution is 0.188. The van der Waals surface area contributed by atoms with Crippen molar-refractivity contribution in [3.05, 3.63) is 18.6 Å². The Hall–Kier alpha value is -0.610. The number of nitrogens with zero attached hydrogens (tertiary/aromatic N) is 2. The van der Waals surface area contributed by atoms with Crippen molar-refractivity contribution in [1.82, 2.24) is 9.97 Å². The molecule has 3 nitrogen and oxygen atoms in total. The Balaban J connectivity index is 1.98. The van der Waals surface area contributed by atoms with Crippen molar-refractivity contribution in [1.29, 1.82) is 0 Å². The summed E-state index contributed by atoms with van der Waals surface area (Å²) in [5.41, 5.74) is 0. The third-order valence-corrected chi connectivity index (χ3v) is 3.58. The molecule has 0 saturated heterocycles. The predicted molar refractivity (Wildman–Crippen MR) is 51.5 cm³/mol. The zero-order valence-corrected chi connectivity index (χ0v) is 8.07. The average molecular weight is 196 g/mol. The molecule has 1 aliphatic rings. The molecule has 0 bridgehead atoms. The van der Waals surface area contributed by atoms with Gasteiger partial charge in [0.25, 0.3) is 0 Å². The lowest BCUT2D eigenvalue weighted by Crippen LogP contribution is -2.15. The van der Waals surface area contributed by atoms with Crippen LogP contribution in [0.15, 0.2) is 23.6 Å². The number of aromatic nitrogens is 2. The van der Waals surface area contributed by atoms with Gasteiger partial charge in [0.15, 0.2) is 0 Å². The molecule has 70 valence electrons. The maximum absolute atomic E-state index is 9.59. The Kier molecular flexibility index (Phi) is 2.80. The lowest BCUT2D eigenvalue weighted by Gasteiger charge is -2.12. The first kappa shape index (κ1) is 8.97. The second kappa shape index (κ2) is 4.07. The van der Waals surface area contributed by atoms with Gasteiger partial charge in [0.05, 0.1) is 11.1 Å². The standard InChI is InChI=1S/C9H12N2OS/c12-7-2-1-3-8(7)13-9-4-5-10-6-11-9/h4-8,12H,1-3H2. The molecule has 2 atom stereocenters. The Morgan fingerprint density at radius 3 is 3.00 bits per heavy atom. The molecule has 1 aliphatic carbocycles. The minimum Gasteiger partial charge on any atom is -0.392 e. The van der Waals surface area contributed by atoms with E-state index in [0.29, 0.717) is 5.25 Å². The van der Waals surface area contributed by atoms with E-state index in [4.69, 9.17) is 0 Å². The van der Waals surface area contributed by atoms with Crippen molar-refractivity contribution in [2.24, 2.45) is 0 Å². The number of hydrogen-bond donors (Lipinski definition) is 1. The number of aliphatic hydroxyl groups excluding tert-OH is 1. The van der Waals surface area contributed by atoms with E-state index in [1.54, 1.807) is 24.3 Å². The summed E-state index contributed by atoms with van der Waals surface area (Å²) in [6.45, 7) is 0. The summed E-state index contributed by atoms with van der Waals surface area (Å²) in [4.78, 5) is 7.97. The average Bonchev–Trinajstić information content (AvgIpc) is 2.54. The van der Waals surface area contributed by atoms with Gasteiger partial charge in [-0.05, 0) is 25.3 Å². The number of hydrogen-bond acceptors (Lipinski definition) is 4. The van der Waals surface area contributed by atoms with E-state index >= 15 is 0 Å². The molecule has 0 aliphatic heterocycles. The summed E-state index contributed by atoms with van der Waals surface area (Å²) >= 11 is 1.66. The summed E-state index contributed by atoms with van der Waals surface area (Å²) < 4.78 is 0. The van der Waals surface area contributed by atoms with Gasteiger partial charge < -0.3 is 5.11 Å². The molecule has 1 aromatic rings. The van der Waals surface area contributed by atoms with Gasteiger partial charge in [0.2, 0.25) is 0 Å². The van der Waals surface area contributed by atoms with E-state index in [9.17, 15) is 5.11 Å². The molecule has 0 aromatic carbocycles. The zero-order chi connectivity index (χ0) is 9.10. The fraction of sp³-hybridized carbons (Fsp3) is 0.556. The van der Waals surface area contributed by atoms with Crippen LogP contribution in [0.3, 0.4) is 0 Å². The summed E-state index contributed by atoms with van der Waals surface area (Å²) in [6.07, 6.45) is 6.28. The maximum Gasteiger partial charge on any atom is 0.116 e. The van der Waals surface area contributed by atoms with Gasteiger partial charge in [-0.3, -0.25) is 0 Å². The molecule has 2 rings (SSSR count). The highest BCUT2D eigenvalue weighted by Crippen LogP contribution is 2.33. The number of rotatable bonds is 2. The second-order valence-electron chi connectivity index (χ2n) is 3.20. The Morgan fingerprint density at radius 2 is 2.38 bits per heavy atom. The Labute approximate surface area is 81.6 Å². The molecule has 13 heavy (non-hydrogen) atoms. The van der Waals surface area contributed by atoms with Crippen molar-refractivity contribution < 1.29 is 5.11 Å². The minimum atomic E-state index is -0.153. The van der Waals surface area contributed by atoms with Crippen molar-refractivity contribution in [3.63, 3.8) is 0 Å². The third kappa shape index (κ3) is 2.19. The fourth-order valence-electron chi connectivity index (χ4n) is 1.55. The van der Waals surface area contributed by atoms with Crippen molar-refractivity contribution >= 4 is 11.8 Å². The molecule has 4 heteroatoms. The van der Waals surface area contributed by atoms with Crippen molar-refractivity contribution in [2.45, 2.75) is 35.6 Å². The minimum absolute atomic E-state index is 0.153. The normalized spacial score (nSPS) is 27.8. The van der Waals surface area contributed by atoms with Crippen LogP contribution in [0.2, 0.25) is 0 Å². The monoisotopic (exact) mass is 196 g/mol. The maximum atomic E-state index is 9.59. The molecule has 1 aromatic heterocycles. The molecule has 0 amide bonds. The SMILES string of the molecule is OC1CCCC1Sc1ccncn1.